The van der Waals surface area contributed by atoms with Crippen LogP contribution < -0.4 is 15.5 Å². The minimum atomic E-state index is -0.801. The number of nitrogens with zero attached hydrogens (tertiary/aromatic N) is 2. The van der Waals surface area contributed by atoms with Crippen LogP contribution in [0.2, 0.25) is 0 Å². The van der Waals surface area contributed by atoms with E-state index in [1.807, 2.05) is 0 Å². The fourth-order valence-corrected chi connectivity index (χ4v) is 2.19. The Morgan fingerprint density at radius 1 is 1.52 bits per heavy atom. The number of hydrogen-bond donors (Lipinski definition) is 2. The molecule has 1 unspecified atom stereocenters. The van der Waals surface area contributed by atoms with Crippen molar-refractivity contribution in [2.75, 3.05) is 43.6 Å². The maximum absolute atomic E-state index is 14.1. The summed E-state index contributed by atoms with van der Waals surface area (Å²) < 4.78 is 32.9. The van der Waals surface area contributed by atoms with E-state index >= 15 is 0 Å². The van der Waals surface area contributed by atoms with Crippen molar-refractivity contribution in [2.45, 2.75) is 13.0 Å². The van der Waals surface area contributed by atoms with Crippen LogP contribution in [-0.2, 0) is 9.53 Å². The number of ether oxygens (including phenoxy) is 1. The van der Waals surface area contributed by atoms with E-state index in [0.29, 0.717) is 19.7 Å². The third-order valence-corrected chi connectivity index (χ3v) is 3.20. The van der Waals surface area contributed by atoms with Crippen molar-refractivity contribution < 1.29 is 18.3 Å². The molecule has 2 rings (SSSR count). The Bertz CT molecular complexity index is 527. The van der Waals surface area contributed by atoms with Gasteiger partial charge in [0.15, 0.2) is 23.3 Å². The van der Waals surface area contributed by atoms with Crippen molar-refractivity contribution in [3.63, 3.8) is 0 Å². The van der Waals surface area contributed by atoms with Crippen LogP contribution in [0.5, 0.6) is 0 Å². The Kier molecular flexibility index (Phi) is 4.89. The maximum atomic E-state index is 14.1. The SMILES string of the molecule is CCNc1nc(N2CCOCC2C(=O)NC)c(F)cc1F. The van der Waals surface area contributed by atoms with Gasteiger partial charge < -0.3 is 20.3 Å². The number of likely N-dealkylation sites (N-methyl/N-ethyl adjacent to an activating group) is 1. The molecule has 2 N–H and O–H groups in total. The van der Waals surface area contributed by atoms with Gasteiger partial charge in [-0.05, 0) is 6.92 Å². The molecule has 1 aliphatic heterocycles. The van der Waals surface area contributed by atoms with Crippen molar-refractivity contribution in [3.05, 3.63) is 17.7 Å². The standard InChI is InChI=1S/C13H18F2N4O2/c1-3-17-11-8(14)6-9(15)12(18-11)19-4-5-21-7-10(19)13(20)16-2/h6,10H,3-5,7H2,1-2H3,(H,16,20)(H,17,18). The molecule has 1 fully saturated rings. The van der Waals surface area contributed by atoms with Gasteiger partial charge in [-0.3, -0.25) is 4.79 Å². The maximum Gasteiger partial charge on any atom is 0.244 e. The van der Waals surface area contributed by atoms with Crippen LogP contribution >= 0.6 is 0 Å². The third-order valence-electron chi connectivity index (χ3n) is 3.20. The zero-order valence-corrected chi connectivity index (χ0v) is 11.9. The Balaban J connectivity index is 2.37. The molecule has 0 radical (unpaired) electrons. The second-order valence-electron chi connectivity index (χ2n) is 4.55. The predicted molar refractivity (Wildman–Crippen MR) is 74.3 cm³/mol. The lowest BCUT2D eigenvalue weighted by atomic mass is 10.2. The van der Waals surface area contributed by atoms with Crippen LogP contribution in [0.4, 0.5) is 20.4 Å². The largest absolute Gasteiger partial charge is 0.377 e. The van der Waals surface area contributed by atoms with Gasteiger partial charge in [-0.25, -0.2) is 13.8 Å². The summed E-state index contributed by atoms with van der Waals surface area (Å²) in [6.45, 7) is 3.03. The number of anilines is 2. The first-order chi connectivity index (χ1) is 10.1. The second-order valence-corrected chi connectivity index (χ2v) is 4.55. The van der Waals surface area contributed by atoms with Crippen molar-refractivity contribution >= 4 is 17.5 Å². The first-order valence-corrected chi connectivity index (χ1v) is 6.74. The highest BCUT2D eigenvalue weighted by molar-refractivity contribution is 5.85. The van der Waals surface area contributed by atoms with E-state index < -0.39 is 17.7 Å². The van der Waals surface area contributed by atoms with E-state index in [-0.39, 0.29) is 24.1 Å². The molecule has 0 spiro atoms. The third kappa shape index (κ3) is 3.21. The predicted octanol–water partition coefficient (Wildman–Crippen LogP) is 0.743. The lowest BCUT2D eigenvalue weighted by Gasteiger charge is -2.35. The summed E-state index contributed by atoms with van der Waals surface area (Å²) in [4.78, 5) is 17.3. The van der Waals surface area contributed by atoms with Gasteiger partial charge in [0.25, 0.3) is 0 Å². The first-order valence-electron chi connectivity index (χ1n) is 6.74. The number of morpholine rings is 1. The van der Waals surface area contributed by atoms with Crippen LogP contribution in [-0.4, -0.2) is 50.3 Å². The Morgan fingerprint density at radius 2 is 2.29 bits per heavy atom. The molecule has 0 bridgehead atoms. The van der Waals surface area contributed by atoms with E-state index in [1.54, 1.807) is 6.92 Å². The van der Waals surface area contributed by atoms with Crippen molar-refractivity contribution in [2.24, 2.45) is 0 Å². The van der Waals surface area contributed by atoms with E-state index in [0.717, 1.165) is 6.07 Å². The van der Waals surface area contributed by atoms with Crippen LogP contribution in [0, 0.1) is 11.6 Å². The lowest BCUT2D eigenvalue weighted by molar-refractivity contribution is -0.124. The number of pyridine rings is 1. The van der Waals surface area contributed by atoms with Crippen molar-refractivity contribution in [3.8, 4) is 0 Å². The van der Waals surface area contributed by atoms with E-state index in [2.05, 4.69) is 15.6 Å². The molecule has 1 atom stereocenters. The highest BCUT2D eigenvalue weighted by Gasteiger charge is 2.32. The summed E-state index contributed by atoms with van der Waals surface area (Å²) in [5, 5.41) is 5.23. The van der Waals surface area contributed by atoms with Gasteiger partial charge >= 0.3 is 0 Å². The fourth-order valence-electron chi connectivity index (χ4n) is 2.19. The number of nitrogens with one attached hydrogen (secondary N) is 2. The average molecular weight is 300 g/mol. The van der Waals surface area contributed by atoms with Crippen LogP contribution in [0.25, 0.3) is 0 Å². The molecule has 1 saturated heterocycles. The molecule has 0 aromatic carbocycles. The summed E-state index contributed by atoms with van der Waals surface area (Å²) >= 11 is 0. The van der Waals surface area contributed by atoms with Gasteiger partial charge in [0.1, 0.15) is 6.04 Å². The number of rotatable bonds is 4. The van der Waals surface area contributed by atoms with Crippen molar-refractivity contribution in [1.82, 2.24) is 10.3 Å². The zero-order valence-electron chi connectivity index (χ0n) is 11.9. The van der Waals surface area contributed by atoms with Crippen molar-refractivity contribution in [1.29, 1.82) is 0 Å². The molecule has 1 aromatic heterocycles. The van der Waals surface area contributed by atoms with E-state index in [4.69, 9.17) is 4.74 Å². The van der Waals surface area contributed by atoms with E-state index in [9.17, 15) is 13.6 Å². The van der Waals surface area contributed by atoms with Crippen LogP contribution in [0.15, 0.2) is 6.07 Å². The first kappa shape index (κ1) is 15.4. The Labute approximate surface area is 121 Å². The zero-order chi connectivity index (χ0) is 15.4. The molecular weight excluding hydrogens is 282 g/mol. The number of hydrogen-bond acceptors (Lipinski definition) is 5. The minimum Gasteiger partial charge on any atom is -0.377 e. The monoisotopic (exact) mass is 300 g/mol. The normalized spacial score (nSPS) is 18.5. The molecule has 6 nitrogen and oxygen atoms in total. The minimum absolute atomic E-state index is 0.0314. The second kappa shape index (κ2) is 6.66. The molecule has 1 aliphatic rings. The number of halogens is 2. The van der Waals surface area contributed by atoms with Gasteiger partial charge in [-0.2, -0.15) is 0 Å². The van der Waals surface area contributed by atoms with Gasteiger partial charge in [0.2, 0.25) is 5.91 Å². The molecule has 116 valence electrons. The molecular formula is C13H18F2N4O2. The summed E-state index contributed by atoms with van der Waals surface area (Å²) in [5.41, 5.74) is 0. The molecule has 1 aromatic rings. The summed E-state index contributed by atoms with van der Waals surface area (Å²) in [6, 6.07) is 0.0853. The number of aromatic nitrogens is 1. The smallest absolute Gasteiger partial charge is 0.244 e. The molecule has 1 amide bonds. The fraction of sp³-hybridized carbons (Fsp3) is 0.538. The molecule has 21 heavy (non-hydrogen) atoms. The number of carbonyl (C=O) groups is 1. The van der Waals surface area contributed by atoms with Crippen LogP contribution in [0.1, 0.15) is 6.92 Å². The molecule has 0 saturated carbocycles. The summed E-state index contributed by atoms with van der Waals surface area (Å²) in [6.07, 6.45) is 0. The lowest BCUT2D eigenvalue weighted by Crippen LogP contribution is -2.54. The number of amides is 1. The Hall–Kier alpha value is -1.96. The van der Waals surface area contributed by atoms with Gasteiger partial charge in [0, 0.05) is 26.2 Å². The van der Waals surface area contributed by atoms with Gasteiger partial charge in [-0.1, -0.05) is 0 Å². The Morgan fingerprint density at radius 3 is 2.95 bits per heavy atom. The number of carbonyl (C=O) groups excluding carboxylic acids is 1. The molecule has 2 heterocycles. The summed E-state index contributed by atoms with van der Waals surface area (Å²) in [5.74, 6) is -1.95. The van der Waals surface area contributed by atoms with E-state index in [1.165, 1.54) is 11.9 Å². The highest BCUT2D eigenvalue weighted by Crippen LogP contribution is 2.25. The highest BCUT2D eigenvalue weighted by atomic mass is 19.1. The quantitative estimate of drug-likeness (QED) is 0.859. The summed E-state index contributed by atoms with van der Waals surface area (Å²) in [7, 11) is 1.49. The topological polar surface area (TPSA) is 66.5 Å². The van der Waals surface area contributed by atoms with Gasteiger partial charge in [-0.15, -0.1) is 0 Å². The average Bonchev–Trinajstić information content (AvgIpc) is 2.49. The molecule has 8 heteroatoms. The van der Waals surface area contributed by atoms with Gasteiger partial charge in [0.05, 0.1) is 13.2 Å². The van der Waals surface area contributed by atoms with Crippen LogP contribution in [0.3, 0.4) is 0 Å². The molecule has 0 aliphatic carbocycles.